The van der Waals surface area contributed by atoms with Crippen molar-refractivity contribution in [2.45, 2.75) is 23.4 Å². The van der Waals surface area contributed by atoms with Gasteiger partial charge in [0.25, 0.3) is 5.91 Å². The van der Waals surface area contributed by atoms with E-state index < -0.39 is 23.5 Å². The zero-order chi connectivity index (χ0) is 20.0. The summed E-state index contributed by atoms with van der Waals surface area (Å²) in [6.07, 6.45) is -1.09. The first-order valence-corrected chi connectivity index (χ1v) is 8.51. The SMILES string of the molecule is COc1ccc(NC(=O)C(C)OC(=O)c2ccc(SC(F)(F)F)cc2)cc1. The topological polar surface area (TPSA) is 64.6 Å². The van der Waals surface area contributed by atoms with E-state index in [9.17, 15) is 22.8 Å². The first kappa shape index (κ1) is 20.6. The van der Waals surface area contributed by atoms with Crippen LogP contribution in [0, 0.1) is 0 Å². The molecule has 144 valence electrons. The van der Waals surface area contributed by atoms with E-state index in [0.717, 1.165) is 12.1 Å². The van der Waals surface area contributed by atoms with Crippen molar-refractivity contribution in [1.82, 2.24) is 0 Å². The van der Waals surface area contributed by atoms with Crippen molar-refractivity contribution in [1.29, 1.82) is 0 Å². The molecule has 2 rings (SSSR count). The summed E-state index contributed by atoms with van der Waals surface area (Å²) < 4.78 is 47.0. The third-order valence-corrected chi connectivity index (χ3v) is 4.07. The number of amides is 1. The maximum Gasteiger partial charge on any atom is 0.446 e. The fourth-order valence-electron chi connectivity index (χ4n) is 1.99. The number of benzene rings is 2. The number of alkyl halides is 3. The molecule has 1 amide bonds. The van der Waals surface area contributed by atoms with Crippen LogP contribution in [0.15, 0.2) is 53.4 Å². The molecule has 9 heteroatoms. The van der Waals surface area contributed by atoms with E-state index in [1.165, 1.54) is 26.2 Å². The second-order valence-corrected chi connectivity index (χ2v) is 6.48. The van der Waals surface area contributed by atoms with Crippen molar-refractivity contribution in [3.63, 3.8) is 0 Å². The van der Waals surface area contributed by atoms with E-state index in [1.807, 2.05) is 0 Å². The molecule has 1 N–H and O–H groups in total. The van der Waals surface area contributed by atoms with Crippen LogP contribution >= 0.6 is 11.8 Å². The Bertz CT molecular complexity index is 792. The number of rotatable bonds is 6. The number of anilines is 1. The molecule has 0 fully saturated rings. The molecule has 0 aromatic heterocycles. The summed E-state index contributed by atoms with van der Waals surface area (Å²) in [6.45, 7) is 1.39. The number of esters is 1. The Balaban J connectivity index is 1.92. The van der Waals surface area contributed by atoms with E-state index >= 15 is 0 Å². The highest BCUT2D eigenvalue weighted by Crippen LogP contribution is 2.36. The Kier molecular flexibility index (Phi) is 6.73. The van der Waals surface area contributed by atoms with Gasteiger partial charge in [-0.15, -0.1) is 0 Å². The minimum absolute atomic E-state index is 0.0469. The maximum atomic E-state index is 12.3. The standard InChI is InChI=1S/C18H16F3NO4S/c1-11(16(23)22-13-5-7-14(25-2)8-6-13)26-17(24)12-3-9-15(10-4-12)27-18(19,20)21/h3-11H,1-2H3,(H,22,23). The van der Waals surface area contributed by atoms with E-state index in [0.29, 0.717) is 11.4 Å². The van der Waals surface area contributed by atoms with Crippen LogP contribution in [-0.2, 0) is 9.53 Å². The number of thioether (sulfide) groups is 1. The highest BCUT2D eigenvalue weighted by Gasteiger charge is 2.29. The third kappa shape index (κ3) is 6.52. The molecule has 27 heavy (non-hydrogen) atoms. The number of nitrogens with one attached hydrogen (secondary N) is 1. The second kappa shape index (κ2) is 8.81. The van der Waals surface area contributed by atoms with Crippen molar-refractivity contribution in [2.75, 3.05) is 12.4 Å². The molecule has 0 aliphatic heterocycles. The number of carbonyl (C=O) groups excluding carboxylic acids is 2. The van der Waals surface area contributed by atoms with E-state index in [1.54, 1.807) is 24.3 Å². The van der Waals surface area contributed by atoms with Gasteiger partial charge in [-0.3, -0.25) is 4.79 Å². The first-order chi connectivity index (χ1) is 12.7. The quantitative estimate of drug-likeness (QED) is 0.573. The highest BCUT2D eigenvalue weighted by molar-refractivity contribution is 8.00. The van der Waals surface area contributed by atoms with Gasteiger partial charge in [0, 0.05) is 10.6 Å². The fourth-order valence-corrected chi connectivity index (χ4v) is 2.53. The van der Waals surface area contributed by atoms with Crippen molar-refractivity contribution in [3.05, 3.63) is 54.1 Å². The molecule has 0 bridgehead atoms. The predicted molar refractivity (Wildman–Crippen MR) is 94.9 cm³/mol. The summed E-state index contributed by atoms with van der Waals surface area (Å²) in [7, 11) is 1.52. The van der Waals surface area contributed by atoms with Gasteiger partial charge in [-0.05, 0) is 67.2 Å². The summed E-state index contributed by atoms with van der Waals surface area (Å²) in [4.78, 5) is 24.1. The van der Waals surface area contributed by atoms with Crippen LogP contribution in [0.25, 0.3) is 0 Å². The summed E-state index contributed by atoms with van der Waals surface area (Å²) >= 11 is -0.281. The molecule has 2 aromatic carbocycles. The Morgan fingerprint density at radius 2 is 1.63 bits per heavy atom. The van der Waals surface area contributed by atoms with Crippen LogP contribution in [0.1, 0.15) is 17.3 Å². The molecule has 0 heterocycles. The number of ether oxygens (including phenoxy) is 2. The molecule has 0 aliphatic rings. The van der Waals surface area contributed by atoms with Crippen LogP contribution in [0.3, 0.4) is 0 Å². The lowest BCUT2D eigenvalue weighted by Crippen LogP contribution is -2.30. The van der Waals surface area contributed by atoms with Crippen molar-refractivity contribution in [2.24, 2.45) is 0 Å². The smallest absolute Gasteiger partial charge is 0.446 e. The molecule has 2 aromatic rings. The van der Waals surface area contributed by atoms with E-state index in [4.69, 9.17) is 9.47 Å². The minimum atomic E-state index is -4.41. The van der Waals surface area contributed by atoms with Gasteiger partial charge in [0.15, 0.2) is 6.10 Å². The van der Waals surface area contributed by atoms with Gasteiger partial charge in [0.2, 0.25) is 0 Å². The number of hydrogen-bond donors (Lipinski definition) is 1. The molecular formula is C18H16F3NO4S. The summed E-state index contributed by atoms with van der Waals surface area (Å²) in [5, 5.41) is 2.58. The fraction of sp³-hybridized carbons (Fsp3) is 0.222. The third-order valence-electron chi connectivity index (χ3n) is 3.33. The minimum Gasteiger partial charge on any atom is -0.497 e. The molecule has 0 radical (unpaired) electrons. The van der Waals surface area contributed by atoms with Crippen LogP contribution < -0.4 is 10.1 Å². The Morgan fingerprint density at radius 1 is 1.04 bits per heavy atom. The number of methoxy groups -OCH3 is 1. The van der Waals surface area contributed by atoms with Crippen LogP contribution in [0.4, 0.5) is 18.9 Å². The summed E-state index contributed by atoms with van der Waals surface area (Å²) in [5.41, 5.74) is -3.86. The molecule has 0 saturated carbocycles. The lowest BCUT2D eigenvalue weighted by Gasteiger charge is -2.14. The molecule has 1 unspecified atom stereocenters. The molecular weight excluding hydrogens is 383 g/mol. The van der Waals surface area contributed by atoms with Crippen LogP contribution in [0.5, 0.6) is 5.75 Å². The second-order valence-electron chi connectivity index (χ2n) is 5.34. The summed E-state index contributed by atoms with van der Waals surface area (Å²) in [6, 6.07) is 11.3. The first-order valence-electron chi connectivity index (χ1n) is 7.69. The molecule has 0 spiro atoms. The van der Waals surface area contributed by atoms with Crippen LogP contribution in [0.2, 0.25) is 0 Å². The van der Waals surface area contributed by atoms with Crippen molar-refractivity contribution < 1.29 is 32.2 Å². The van der Waals surface area contributed by atoms with Gasteiger partial charge in [-0.25, -0.2) is 4.79 Å². The number of hydrogen-bond acceptors (Lipinski definition) is 5. The zero-order valence-corrected chi connectivity index (χ0v) is 15.2. The van der Waals surface area contributed by atoms with Crippen molar-refractivity contribution in [3.8, 4) is 5.75 Å². The van der Waals surface area contributed by atoms with E-state index in [-0.39, 0.29) is 22.2 Å². The van der Waals surface area contributed by atoms with Gasteiger partial charge in [-0.1, -0.05) is 0 Å². The monoisotopic (exact) mass is 399 g/mol. The average Bonchev–Trinajstić information content (AvgIpc) is 2.61. The number of carbonyl (C=O) groups is 2. The van der Waals surface area contributed by atoms with Gasteiger partial charge < -0.3 is 14.8 Å². The number of halogens is 3. The van der Waals surface area contributed by atoms with Gasteiger partial charge >= 0.3 is 11.5 Å². The summed E-state index contributed by atoms with van der Waals surface area (Å²) in [5.74, 6) is -0.728. The normalized spacial score (nSPS) is 12.2. The van der Waals surface area contributed by atoms with Gasteiger partial charge in [0.05, 0.1) is 12.7 Å². The largest absolute Gasteiger partial charge is 0.497 e. The highest BCUT2D eigenvalue weighted by atomic mass is 32.2. The Labute approximate surface area is 157 Å². The van der Waals surface area contributed by atoms with Gasteiger partial charge in [-0.2, -0.15) is 13.2 Å². The van der Waals surface area contributed by atoms with Crippen LogP contribution in [-0.4, -0.2) is 30.6 Å². The Morgan fingerprint density at radius 3 is 2.15 bits per heavy atom. The van der Waals surface area contributed by atoms with Gasteiger partial charge in [0.1, 0.15) is 5.75 Å². The van der Waals surface area contributed by atoms with E-state index in [2.05, 4.69) is 5.32 Å². The lowest BCUT2D eigenvalue weighted by molar-refractivity contribution is -0.123. The zero-order valence-electron chi connectivity index (χ0n) is 14.4. The average molecular weight is 399 g/mol. The molecule has 0 aliphatic carbocycles. The lowest BCUT2D eigenvalue weighted by atomic mass is 10.2. The van der Waals surface area contributed by atoms with Crippen molar-refractivity contribution >= 4 is 29.3 Å². The predicted octanol–water partition coefficient (Wildman–Crippen LogP) is 4.49. The molecule has 1 atom stereocenters. The molecule has 0 saturated heterocycles. The Hall–Kier alpha value is -2.68. The molecule has 5 nitrogen and oxygen atoms in total. The maximum absolute atomic E-state index is 12.3.